The van der Waals surface area contributed by atoms with Crippen LogP contribution in [0.15, 0.2) is 18.2 Å². The van der Waals surface area contributed by atoms with E-state index in [1.54, 1.807) is 4.90 Å². The molecule has 1 fully saturated rings. The molecule has 0 aliphatic carbocycles. The van der Waals surface area contributed by atoms with E-state index in [9.17, 15) is 13.6 Å². The van der Waals surface area contributed by atoms with Crippen LogP contribution in [0.4, 0.5) is 8.78 Å². The highest BCUT2D eigenvalue weighted by atomic mass is 19.2. The van der Waals surface area contributed by atoms with Crippen molar-refractivity contribution >= 4 is 5.91 Å². The van der Waals surface area contributed by atoms with Crippen molar-refractivity contribution in [1.82, 2.24) is 4.90 Å². The number of carbonyl (C=O) groups excluding carboxylic acids is 1. The zero-order chi connectivity index (χ0) is 14.7. The van der Waals surface area contributed by atoms with E-state index in [0.29, 0.717) is 12.1 Å². The molecule has 1 aliphatic rings. The molecule has 0 unspecified atom stereocenters. The Kier molecular flexibility index (Phi) is 4.70. The first-order chi connectivity index (χ1) is 9.49. The minimum atomic E-state index is -0.919. The van der Waals surface area contributed by atoms with Crippen LogP contribution < -0.4 is 5.73 Å². The van der Waals surface area contributed by atoms with Gasteiger partial charge >= 0.3 is 0 Å². The lowest BCUT2D eigenvalue weighted by atomic mass is 9.96. The van der Waals surface area contributed by atoms with Gasteiger partial charge in [0.15, 0.2) is 11.6 Å². The maximum absolute atomic E-state index is 13.2. The molecule has 0 radical (unpaired) electrons. The van der Waals surface area contributed by atoms with Crippen molar-refractivity contribution in [2.45, 2.75) is 44.7 Å². The molecule has 2 rings (SSSR count). The highest BCUT2D eigenvalue weighted by Crippen LogP contribution is 2.20. The Morgan fingerprint density at radius 1 is 1.40 bits per heavy atom. The minimum Gasteiger partial charge on any atom is -0.338 e. The third kappa shape index (κ3) is 3.33. The number of halogens is 2. The quantitative estimate of drug-likeness (QED) is 0.924. The normalized spacial score (nSPS) is 20.8. The molecule has 20 heavy (non-hydrogen) atoms. The van der Waals surface area contributed by atoms with E-state index in [1.165, 1.54) is 6.07 Å². The summed E-state index contributed by atoms with van der Waals surface area (Å²) in [5.41, 5.74) is 6.42. The smallest absolute Gasteiger partial charge is 0.227 e. The molecule has 2 atom stereocenters. The summed E-state index contributed by atoms with van der Waals surface area (Å²) < 4.78 is 26.0. The third-order valence-electron chi connectivity index (χ3n) is 3.82. The van der Waals surface area contributed by atoms with Gasteiger partial charge in [-0.2, -0.15) is 0 Å². The Hall–Kier alpha value is -1.49. The number of piperidine rings is 1. The maximum atomic E-state index is 13.2. The predicted molar refractivity (Wildman–Crippen MR) is 73.1 cm³/mol. The molecule has 1 amide bonds. The fourth-order valence-corrected chi connectivity index (χ4v) is 2.74. The molecule has 0 aromatic heterocycles. The molecule has 1 aromatic rings. The zero-order valence-corrected chi connectivity index (χ0v) is 11.6. The standard InChI is InChI=1S/C15H20F2N2O/c1-10(18)14-4-2-3-7-19(14)15(20)9-11-5-6-12(16)13(17)8-11/h5-6,8,10,14H,2-4,7,9,18H2,1H3/t10-,14+/m0/s1. The maximum Gasteiger partial charge on any atom is 0.227 e. The van der Waals surface area contributed by atoms with Gasteiger partial charge in [-0.05, 0) is 43.9 Å². The van der Waals surface area contributed by atoms with Crippen molar-refractivity contribution < 1.29 is 13.6 Å². The van der Waals surface area contributed by atoms with Gasteiger partial charge in [-0.15, -0.1) is 0 Å². The SMILES string of the molecule is C[C@H](N)[C@H]1CCCCN1C(=O)Cc1ccc(F)c(F)c1. The van der Waals surface area contributed by atoms with Gasteiger partial charge in [-0.3, -0.25) is 4.79 Å². The number of nitrogens with two attached hydrogens (primary N) is 1. The summed E-state index contributed by atoms with van der Waals surface area (Å²) in [6.07, 6.45) is 3.02. The summed E-state index contributed by atoms with van der Waals surface area (Å²) >= 11 is 0. The molecule has 0 bridgehead atoms. The molecule has 1 aromatic carbocycles. The first-order valence-electron chi connectivity index (χ1n) is 6.98. The Balaban J connectivity index is 2.07. The van der Waals surface area contributed by atoms with Crippen molar-refractivity contribution in [2.75, 3.05) is 6.54 Å². The Morgan fingerprint density at radius 3 is 2.80 bits per heavy atom. The Bertz CT molecular complexity index is 491. The summed E-state index contributed by atoms with van der Waals surface area (Å²) in [5.74, 6) is -1.89. The van der Waals surface area contributed by atoms with Gasteiger partial charge < -0.3 is 10.6 Å². The highest BCUT2D eigenvalue weighted by Gasteiger charge is 2.29. The van der Waals surface area contributed by atoms with Crippen LogP contribution in [0.3, 0.4) is 0 Å². The number of rotatable bonds is 3. The van der Waals surface area contributed by atoms with Crippen molar-refractivity contribution in [3.8, 4) is 0 Å². The van der Waals surface area contributed by atoms with E-state index >= 15 is 0 Å². The van der Waals surface area contributed by atoms with Gasteiger partial charge in [-0.1, -0.05) is 6.07 Å². The van der Waals surface area contributed by atoms with Crippen LogP contribution in [0, 0.1) is 11.6 Å². The van der Waals surface area contributed by atoms with Crippen molar-refractivity contribution in [3.63, 3.8) is 0 Å². The van der Waals surface area contributed by atoms with Gasteiger partial charge in [0.1, 0.15) is 0 Å². The number of likely N-dealkylation sites (tertiary alicyclic amines) is 1. The minimum absolute atomic E-state index is 0.0431. The van der Waals surface area contributed by atoms with Crippen LogP contribution >= 0.6 is 0 Å². The van der Waals surface area contributed by atoms with Gasteiger partial charge in [0.25, 0.3) is 0 Å². The molecule has 110 valence electrons. The molecule has 1 saturated heterocycles. The second-order valence-electron chi connectivity index (χ2n) is 5.43. The number of benzene rings is 1. The second-order valence-corrected chi connectivity index (χ2v) is 5.43. The van der Waals surface area contributed by atoms with Crippen molar-refractivity contribution in [2.24, 2.45) is 5.73 Å². The predicted octanol–water partition coefficient (Wildman–Crippen LogP) is 2.24. The van der Waals surface area contributed by atoms with E-state index in [4.69, 9.17) is 5.73 Å². The molecule has 0 spiro atoms. The Labute approximate surface area is 117 Å². The second kappa shape index (κ2) is 6.31. The Morgan fingerprint density at radius 2 is 2.15 bits per heavy atom. The number of carbonyl (C=O) groups is 1. The summed E-state index contributed by atoms with van der Waals surface area (Å²) in [4.78, 5) is 14.1. The van der Waals surface area contributed by atoms with Crippen molar-refractivity contribution in [1.29, 1.82) is 0 Å². The van der Waals surface area contributed by atoms with Crippen molar-refractivity contribution in [3.05, 3.63) is 35.4 Å². The van der Waals surface area contributed by atoms with Gasteiger partial charge in [0.2, 0.25) is 5.91 Å². The molecule has 1 aliphatic heterocycles. The molecule has 2 N–H and O–H groups in total. The largest absolute Gasteiger partial charge is 0.338 e. The van der Waals surface area contributed by atoms with Gasteiger partial charge in [-0.25, -0.2) is 8.78 Å². The van der Waals surface area contributed by atoms with Crippen LogP contribution in [0.1, 0.15) is 31.7 Å². The molecular weight excluding hydrogens is 262 g/mol. The number of nitrogens with zero attached hydrogens (tertiary/aromatic N) is 1. The van der Waals surface area contributed by atoms with Crippen LogP contribution in [-0.2, 0) is 11.2 Å². The number of hydrogen-bond acceptors (Lipinski definition) is 2. The van der Waals surface area contributed by atoms with E-state index in [2.05, 4.69) is 0 Å². The lowest BCUT2D eigenvalue weighted by Crippen LogP contribution is -2.52. The average molecular weight is 282 g/mol. The highest BCUT2D eigenvalue weighted by molar-refractivity contribution is 5.79. The summed E-state index contributed by atoms with van der Waals surface area (Å²) in [6.45, 7) is 2.59. The van der Waals surface area contributed by atoms with Crippen LogP contribution in [0.2, 0.25) is 0 Å². The van der Waals surface area contributed by atoms with Gasteiger partial charge in [0, 0.05) is 18.6 Å². The van der Waals surface area contributed by atoms with E-state index in [-0.39, 0.29) is 24.4 Å². The van der Waals surface area contributed by atoms with E-state index in [1.807, 2.05) is 6.92 Å². The average Bonchev–Trinajstić information content (AvgIpc) is 2.43. The van der Waals surface area contributed by atoms with Crippen LogP contribution in [0.25, 0.3) is 0 Å². The zero-order valence-electron chi connectivity index (χ0n) is 11.6. The molecule has 0 saturated carbocycles. The summed E-state index contributed by atoms with van der Waals surface area (Å²) in [7, 11) is 0. The first-order valence-corrected chi connectivity index (χ1v) is 6.98. The molecule has 5 heteroatoms. The number of amides is 1. The fourth-order valence-electron chi connectivity index (χ4n) is 2.74. The number of hydrogen-bond donors (Lipinski definition) is 1. The monoisotopic (exact) mass is 282 g/mol. The fraction of sp³-hybridized carbons (Fsp3) is 0.533. The topological polar surface area (TPSA) is 46.3 Å². The summed E-state index contributed by atoms with van der Waals surface area (Å²) in [6, 6.07) is 3.54. The third-order valence-corrected chi connectivity index (χ3v) is 3.82. The van der Waals surface area contributed by atoms with Gasteiger partial charge in [0.05, 0.1) is 6.42 Å². The molecular formula is C15H20F2N2O. The van der Waals surface area contributed by atoms with E-state index < -0.39 is 11.6 Å². The van der Waals surface area contributed by atoms with Crippen LogP contribution in [0.5, 0.6) is 0 Å². The lowest BCUT2D eigenvalue weighted by molar-refractivity contribution is -0.134. The van der Waals surface area contributed by atoms with E-state index in [0.717, 1.165) is 31.4 Å². The molecule has 3 nitrogen and oxygen atoms in total. The lowest BCUT2D eigenvalue weighted by Gasteiger charge is -2.38. The molecule has 1 heterocycles. The first kappa shape index (κ1) is 14.9. The van der Waals surface area contributed by atoms with Crippen LogP contribution in [-0.4, -0.2) is 29.4 Å². The summed E-state index contributed by atoms with van der Waals surface area (Å²) in [5, 5.41) is 0.